The summed E-state index contributed by atoms with van der Waals surface area (Å²) >= 11 is 0. The van der Waals surface area contributed by atoms with E-state index in [9.17, 15) is 4.79 Å². The van der Waals surface area contributed by atoms with Crippen molar-refractivity contribution in [1.82, 2.24) is 30.3 Å². The monoisotopic (exact) mass is 383 g/mol. The molecule has 0 saturated carbocycles. The highest BCUT2D eigenvalue weighted by Crippen LogP contribution is 2.24. The van der Waals surface area contributed by atoms with E-state index < -0.39 is 0 Å². The van der Waals surface area contributed by atoms with Crippen LogP contribution in [0.1, 0.15) is 30.9 Å². The van der Waals surface area contributed by atoms with Gasteiger partial charge in [0.15, 0.2) is 0 Å². The first-order chi connectivity index (χ1) is 13.8. The van der Waals surface area contributed by atoms with Crippen molar-refractivity contribution >= 4 is 12.0 Å². The fourth-order valence-electron chi connectivity index (χ4n) is 4.13. The summed E-state index contributed by atoms with van der Waals surface area (Å²) in [6.45, 7) is 5.74. The third kappa shape index (κ3) is 4.44. The van der Waals surface area contributed by atoms with Crippen molar-refractivity contribution in [2.24, 2.45) is 0 Å². The number of amides is 2. The van der Waals surface area contributed by atoms with E-state index in [2.05, 4.69) is 54.6 Å². The predicted molar refractivity (Wildman–Crippen MR) is 108 cm³/mol. The molecular weight excluding hydrogens is 354 g/mol. The summed E-state index contributed by atoms with van der Waals surface area (Å²) in [5, 5.41) is 9.97. The topological polar surface area (TPSA) is 80.4 Å². The van der Waals surface area contributed by atoms with Crippen LogP contribution >= 0.6 is 0 Å². The second-order valence-corrected chi connectivity index (χ2v) is 7.49. The first-order valence-electron chi connectivity index (χ1n) is 10.2. The Morgan fingerprint density at radius 3 is 2.46 bits per heavy atom. The van der Waals surface area contributed by atoms with Gasteiger partial charge in [0.25, 0.3) is 0 Å². The van der Waals surface area contributed by atoms with Crippen LogP contribution in [0, 0.1) is 0 Å². The Kier molecular flexibility index (Phi) is 6.06. The zero-order chi connectivity index (χ0) is 19.2. The van der Waals surface area contributed by atoms with Crippen LogP contribution < -0.4 is 10.2 Å². The van der Waals surface area contributed by atoms with Gasteiger partial charge < -0.3 is 15.1 Å². The average molecular weight is 384 g/mol. The second kappa shape index (κ2) is 9.05. The first-order valence-corrected chi connectivity index (χ1v) is 10.2. The van der Waals surface area contributed by atoms with Crippen LogP contribution in [-0.4, -0.2) is 76.8 Å². The Morgan fingerprint density at radius 2 is 1.79 bits per heavy atom. The minimum Gasteiger partial charge on any atom is -0.338 e. The number of nitrogens with one attached hydrogen (secondary N) is 2. The molecule has 0 aliphatic carbocycles. The Hall–Kier alpha value is -2.61. The molecule has 2 aromatic rings. The number of aromatic nitrogens is 3. The van der Waals surface area contributed by atoms with Crippen LogP contribution in [0.3, 0.4) is 0 Å². The maximum atomic E-state index is 12.8. The normalized spacial score (nSPS) is 19.4. The Bertz CT molecular complexity index is 722. The molecule has 2 aliphatic heterocycles. The second-order valence-electron chi connectivity index (χ2n) is 7.49. The molecule has 28 heavy (non-hydrogen) atoms. The van der Waals surface area contributed by atoms with E-state index >= 15 is 0 Å². The number of benzene rings is 1. The van der Waals surface area contributed by atoms with E-state index in [0.29, 0.717) is 19.6 Å². The molecule has 4 rings (SSSR count). The van der Waals surface area contributed by atoms with Crippen molar-refractivity contribution < 1.29 is 4.79 Å². The summed E-state index contributed by atoms with van der Waals surface area (Å²) in [5.41, 5.74) is 1.28. The van der Waals surface area contributed by atoms with Crippen LogP contribution in [0.2, 0.25) is 0 Å². The third-order valence-electron chi connectivity index (χ3n) is 5.73. The molecule has 8 heteroatoms. The highest BCUT2D eigenvalue weighted by Gasteiger charge is 2.26. The van der Waals surface area contributed by atoms with Crippen LogP contribution in [0.25, 0.3) is 0 Å². The van der Waals surface area contributed by atoms with Gasteiger partial charge in [-0.05, 0) is 31.5 Å². The first kappa shape index (κ1) is 18.7. The number of rotatable bonds is 5. The minimum atomic E-state index is 0.0233. The lowest BCUT2D eigenvalue weighted by Gasteiger charge is -2.37. The number of hydrogen-bond donors (Lipinski definition) is 2. The summed E-state index contributed by atoms with van der Waals surface area (Å²) in [7, 11) is 0. The van der Waals surface area contributed by atoms with Gasteiger partial charge in [-0.15, -0.1) is 0 Å². The smallest absolute Gasteiger partial charge is 0.317 e. The number of hydrogen-bond acceptors (Lipinski definition) is 5. The van der Waals surface area contributed by atoms with Crippen LogP contribution in [0.5, 0.6) is 0 Å². The molecule has 1 aromatic carbocycles. The summed E-state index contributed by atoms with van der Waals surface area (Å²) in [4.78, 5) is 23.5. The van der Waals surface area contributed by atoms with E-state index in [1.165, 1.54) is 31.2 Å². The molecule has 2 fully saturated rings. The number of anilines is 1. The number of H-pyrrole nitrogens is 1. The largest absolute Gasteiger partial charge is 0.338 e. The summed E-state index contributed by atoms with van der Waals surface area (Å²) in [5.74, 6) is 0.772. The Balaban J connectivity index is 1.32. The van der Waals surface area contributed by atoms with Crippen molar-refractivity contribution in [3.05, 3.63) is 42.2 Å². The lowest BCUT2D eigenvalue weighted by molar-refractivity contribution is 0.153. The number of nitrogens with zero attached hydrogens (tertiary/aromatic N) is 5. The Morgan fingerprint density at radius 1 is 1.04 bits per heavy atom. The van der Waals surface area contributed by atoms with Gasteiger partial charge >= 0.3 is 6.03 Å². The number of piperidine rings is 1. The van der Waals surface area contributed by atoms with Crippen molar-refractivity contribution in [3.8, 4) is 0 Å². The lowest BCUT2D eigenvalue weighted by Crippen LogP contribution is -2.53. The van der Waals surface area contributed by atoms with Gasteiger partial charge in [0, 0.05) is 32.7 Å². The average Bonchev–Trinajstić information content (AvgIpc) is 3.30. The van der Waals surface area contributed by atoms with Gasteiger partial charge in [0.2, 0.25) is 5.95 Å². The maximum absolute atomic E-state index is 12.8. The number of carbonyl (C=O) groups is 1. The van der Waals surface area contributed by atoms with E-state index in [4.69, 9.17) is 0 Å². The standard InChI is InChI=1S/C20H29N7O/c28-20(27-13-11-26(12-14-27)19-22-16-23-24-19)21-15-18(17-7-3-1-4-8-17)25-9-5-2-6-10-25/h1,3-4,7-8,16,18H,2,5-6,9-15H2,(H,21,28)(H,22,23,24). The third-order valence-corrected chi connectivity index (χ3v) is 5.73. The van der Waals surface area contributed by atoms with Crippen molar-refractivity contribution in [2.75, 3.05) is 50.7 Å². The number of likely N-dealkylation sites (tertiary alicyclic amines) is 1. The number of urea groups is 1. The molecule has 2 saturated heterocycles. The molecule has 1 aromatic heterocycles. The zero-order valence-electron chi connectivity index (χ0n) is 16.3. The molecule has 0 spiro atoms. The number of aromatic amines is 1. The van der Waals surface area contributed by atoms with E-state index in [0.717, 1.165) is 32.1 Å². The fraction of sp³-hybridized carbons (Fsp3) is 0.550. The number of piperazine rings is 1. The SMILES string of the molecule is O=C(NCC(c1ccccc1)N1CCCCC1)N1CCN(c2ncn[nH]2)CC1. The highest BCUT2D eigenvalue weighted by atomic mass is 16.2. The van der Waals surface area contributed by atoms with E-state index in [1.807, 2.05) is 11.0 Å². The fourth-order valence-corrected chi connectivity index (χ4v) is 4.13. The van der Waals surface area contributed by atoms with E-state index in [-0.39, 0.29) is 12.1 Å². The van der Waals surface area contributed by atoms with Gasteiger partial charge in [-0.3, -0.25) is 4.90 Å². The highest BCUT2D eigenvalue weighted by molar-refractivity contribution is 5.74. The maximum Gasteiger partial charge on any atom is 0.317 e. The molecule has 2 N–H and O–H groups in total. The molecule has 2 amide bonds. The van der Waals surface area contributed by atoms with Gasteiger partial charge in [-0.1, -0.05) is 36.8 Å². The molecule has 0 bridgehead atoms. The minimum absolute atomic E-state index is 0.0233. The van der Waals surface area contributed by atoms with Crippen molar-refractivity contribution in [3.63, 3.8) is 0 Å². The quantitative estimate of drug-likeness (QED) is 0.824. The predicted octanol–water partition coefficient (Wildman–Crippen LogP) is 1.86. The molecule has 3 heterocycles. The Labute approximate surface area is 165 Å². The molecule has 8 nitrogen and oxygen atoms in total. The zero-order valence-corrected chi connectivity index (χ0v) is 16.3. The van der Waals surface area contributed by atoms with Crippen molar-refractivity contribution in [2.45, 2.75) is 25.3 Å². The summed E-state index contributed by atoms with van der Waals surface area (Å²) in [6, 6.07) is 10.8. The number of carbonyl (C=O) groups excluding carboxylic acids is 1. The molecule has 150 valence electrons. The lowest BCUT2D eigenvalue weighted by atomic mass is 10.0. The van der Waals surface area contributed by atoms with E-state index in [1.54, 1.807) is 0 Å². The van der Waals surface area contributed by atoms with Crippen LogP contribution in [0.4, 0.5) is 10.7 Å². The molecule has 1 atom stereocenters. The van der Waals surface area contributed by atoms with Crippen molar-refractivity contribution in [1.29, 1.82) is 0 Å². The summed E-state index contributed by atoms with van der Waals surface area (Å²) < 4.78 is 0. The molecular formula is C20H29N7O. The molecule has 1 unspecified atom stereocenters. The van der Waals surface area contributed by atoms with Crippen LogP contribution in [0.15, 0.2) is 36.7 Å². The van der Waals surface area contributed by atoms with Gasteiger partial charge in [0.05, 0.1) is 6.04 Å². The van der Waals surface area contributed by atoms with Gasteiger partial charge in [-0.2, -0.15) is 10.1 Å². The van der Waals surface area contributed by atoms with Gasteiger partial charge in [-0.25, -0.2) is 9.89 Å². The molecule has 0 radical (unpaired) electrons. The van der Waals surface area contributed by atoms with Crippen LogP contribution in [-0.2, 0) is 0 Å². The molecule has 2 aliphatic rings. The van der Waals surface area contributed by atoms with Gasteiger partial charge in [0.1, 0.15) is 6.33 Å². The summed E-state index contributed by atoms with van der Waals surface area (Å²) in [6.07, 6.45) is 5.29.